The summed E-state index contributed by atoms with van der Waals surface area (Å²) in [5, 5.41) is 3.43. The highest BCUT2D eigenvalue weighted by molar-refractivity contribution is 4.76. The van der Waals surface area contributed by atoms with Gasteiger partial charge in [-0.25, -0.2) is 4.98 Å². The SMILES string of the molecule is COCCCNC(C)Cn1ccnc1. The van der Waals surface area contributed by atoms with Crippen molar-refractivity contribution in [1.82, 2.24) is 14.9 Å². The summed E-state index contributed by atoms with van der Waals surface area (Å²) in [5.74, 6) is 0. The van der Waals surface area contributed by atoms with Crippen LogP contribution in [0.2, 0.25) is 0 Å². The van der Waals surface area contributed by atoms with E-state index < -0.39 is 0 Å². The van der Waals surface area contributed by atoms with Crippen molar-refractivity contribution < 1.29 is 4.74 Å². The third-order valence-electron chi connectivity index (χ3n) is 2.06. The standard InChI is InChI=1S/C10H19N3O/c1-10(12-4-3-7-14-2)8-13-6-5-11-9-13/h5-6,9-10,12H,3-4,7-8H2,1-2H3. The molecule has 1 aromatic rings. The molecule has 0 amide bonds. The van der Waals surface area contributed by atoms with Gasteiger partial charge in [-0.05, 0) is 19.9 Å². The van der Waals surface area contributed by atoms with Gasteiger partial charge in [0.15, 0.2) is 0 Å². The minimum atomic E-state index is 0.473. The van der Waals surface area contributed by atoms with Crippen LogP contribution < -0.4 is 5.32 Å². The Morgan fingerprint density at radius 2 is 2.43 bits per heavy atom. The fraction of sp³-hybridized carbons (Fsp3) is 0.700. The Balaban J connectivity index is 2.07. The van der Waals surface area contributed by atoms with Crippen LogP contribution in [0.5, 0.6) is 0 Å². The molecule has 4 heteroatoms. The maximum Gasteiger partial charge on any atom is 0.0946 e. The first-order valence-corrected chi connectivity index (χ1v) is 5.01. The Morgan fingerprint density at radius 3 is 3.07 bits per heavy atom. The van der Waals surface area contributed by atoms with E-state index in [-0.39, 0.29) is 0 Å². The number of ether oxygens (including phenoxy) is 1. The summed E-state index contributed by atoms with van der Waals surface area (Å²) in [6, 6.07) is 0.473. The Morgan fingerprint density at radius 1 is 1.57 bits per heavy atom. The number of hydrogen-bond donors (Lipinski definition) is 1. The van der Waals surface area contributed by atoms with E-state index in [9.17, 15) is 0 Å². The maximum absolute atomic E-state index is 4.97. The zero-order valence-electron chi connectivity index (χ0n) is 8.94. The van der Waals surface area contributed by atoms with Crippen LogP contribution in [-0.4, -0.2) is 35.9 Å². The summed E-state index contributed by atoms with van der Waals surface area (Å²) in [5.41, 5.74) is 0. The lowest BCUT2D eigenvalue weighted by Crippen LogP contribution is -2.31. The molecule has 0 saturated carbocycles. The molecule has 1 unspecified atom stereocenters. The summed E-state index contributed by atoms with van der Waals surface area (Å²) in [6.45, 7) is 4.97. The molecule has 1 heterocycles. The van der Waals surface area contributed by atoms with Gasteiger partial charge in [0.05, 0.1) is 6.33 Å². The zero-order valence-corrected chi connectivity index (χ0v) is 8.94. The summed E-state index contributed by atoms with van der Waals surface area (Å²) in [6.07, 6.45) is 6.68. The first kappa shape index (κ1) is 11.2. The van der Waals surface area contributed by atoms with Gasteiger partial charge in [0.25, 0.3) is 0 Å². The molecule has 0 spiro atoms. The fourth-order valence-electron chi connectivity index (χ4n) is 1.34. The van der Waals surface area contributed by atoms with Gasteiger partial charge in [0.2, 0.25) is 0 Å². The number of hydrogen-bond acceptors (Lipinski definition) is 3. The third-order valence-corrected chi connectivity index (χ3v) is 2.06. The van der Waals surface area contributed by atoms with E-state index in [4.69, 9.17) is 4.74 Å². The summed E-state index contributed by atoms with van der Waals surface area (Å²) < 4.78 is 7.05. The predicted octanol–water partition coefficient (Wildman–Crippen LogP) is 0.898. The van der Waals surface area contributed by atoms with Crippen LogP contribution in [0.1, 0.15) is 13.3 Å². The number of nitrogens with zero attached hydrogens (tertiary/aromatic N) is 2. The fourth-order valence-corrected chi connectivity index (χ4v) is 1.34. The second-order valence-corrected chi connectivity index (χ2v) is 3.46. The Kier molecular flexibility index (Phi) is 5.25. The molecule has 1 rings (SSSR count). The van der Waals surface area contributed by atoms with E-state index in [1.165, 1.54) is 0 Å². The Bertz CT molecular complexity index is 223. The topological polar surface area (TPSA) is 39.1 Å². The Hall–Kier alpha value is -0.870. The molecule has 0 radical (unpaired) electrons. The molecule has 0 aliphatic carbocycles. The highest BCUT2D eigenvalue weighted by Crippen LogP contribution is 1.91. The largest absolute Gasteiger partial charge is 0.385 e. The van der Waals surface area contributed by atoms with E-state index in [1.807, 2.05) is 12.5 Å². The first-order valence-electron chi connectivity index (χ1n) is 5.01. The van der Waals surface area contributed by atoms with Crippen molar-refractivity contribution in [3.63, 3.8) is 0 Å². The van der Waals surface area contributed by atoms with Crippen LogP contribution in [-0.2, 0) is 11.3 Å². The van der Waals surface area contributed by atoms with Crippen molar-refractivity contribution in [2.45, 2.75) is 25.9 Å². The van der Waals surface area contributed by atoms with Crippen LogP contribution in [0.4, 0.5) is 0 Å². The normalized spacial score (nSPS) is 13.0. The lowest BCUT2D eigenvalue weighted by molar-refractivity contribution is 0.193. The number of nitrogens with one attached hydrogen (secondary N) is 1. The van der Waals surface area contributed by atoms with E-state index >= 15 is 0 Å². The summed E-state index contributed by atoms with van der Waals surface area (Å²) >= 11 is 0. The molecule has 14 heavy (non-hydrogen) atoms. The minimum Gasteiger partial charge on any atom is -0.385 e. The second kappa shape index (κ2) is 6.56. The van der Waals surface area contributed by atoms with Gasteiger partial charge in [-0.1, -0.05) is 0 Å². The van der Waals surface area contributed by atoms with Gasteiger partial charge in [0, 0.05) is 38.7 Å². The van der Waals surface area contributed by atoms with Crippen molar-refractivity contribution in [1.29, 1.82) is 0 Å². The molecule has 80 valence electrons. The lowest BCUT2D eigenvalue weighted by Gasteiger charge is -2.13. The molecule has 0 aromatic carbocycles. The molecular formula is C10H19N3O. The van der Waals surface area contributed by atoms with E-state index in [0.29, 0.717) is 6.04 Å². The molecule has 0 aliphatic rings. The van der Waals surface area contributed by atoms with E-state index in [0.717, 1.165) is 26.1 Å². The van der Waals surface area contributed by atoms with Crippen LogP contribution in [0.15, 0.2) is 18.7 Å². The molecule has 4 nitrogen and oxygen atoms in total. The predicted molar refractivity (Wildman–Crippen MR) is 56.2 cm³/mol. The highest BCUT2D eigenvalue weighted by Gasteiger charge is 2.00. The number of imidazole rings is 1. The van der Waals surface area contributed by atoms with Gasteiger partial charge in [-0.2, -0.15) is 0 Å². The molecule has 0 fully saturated rings. The van der Waals surface area contributed by atoms with Crippen LogP contribution in [0, 0.1) is 0 Å². The Labute approximate surface area is 85.3 Å². The van der Waals surface area contributed by atoms with Gasteiger partial charge in [-0.15, -0.1) is 0 Å². The molecule has 0 saturated heterocycles. The van der Waals surface area contributed by atoms with Crippen molar-refractivity contribution in [3.05, 3.63) is 18.7 Å². The van der Waals surface area contributed by atoms with E-state index in [1.54, 1.807) is 13.3 Å². The lowest BCUT2D eigenvalue weighted by atomic mass is 10.3. The molecule has 1 N–H and O–H groups in total. The third kappa shape index (κ3) is 4.39. The second-order valence-electron chi connectivity index (χ2n) is 3.46. The monoisotopic (exact) mass is 197 g/mol. The number of methoxy groups -OCH3 is 1. The molecule has 1 atom stereocenters. The number of aromatic nitrogens is 2. The molecule has 1 aromatic heterocycles. The quantitative estimate of drug-likeness (QED) is 0.660. The zero-order chi connectivity index (χ0) is 10.2. The van der Waals surface area contributed by atoms with Crippen molar-refractivity contribution in [2.75, 3.05) is 20.3 Å². The van der Waals surface area contributed by atoms with Gasteiger partial charge < -0.3 is 14.6 Å². The summed E-state index contributed by atoms with van der Waals surface area (Å²) in [4.78, 5) is 4.00. The van der Waals surface area contributed by atoms with Crippen molar-refractivity contribution >= 4 is 0 Å². The molecule has 0 aliphatic heterocycles. The van der Waals surface area contributed by atoms with Gasteiger partial charge in [0.1, 0.15) is 0 Å². The average Bonchev–Trinajstić information content (AvgIpc) is 2.65. The van der Waals surface area contributed by atoms with Crippen LogP contribution in [0.25, 0.3) is 0 Å². The molecular weight excluding hydrogens is 178 g/mol. The molecule has 0 bridgehead atoms. The summed E-state index contributed by atoms with van der Waals surface area (Å²) in [7, 11) is 1.73. The van der Waals surface area contributed by atoms with Crippen molar-refractivity contribution in [2.24, 2.45) is 0 Å². The van der Waals surface area contributed by atoms with E-state index in [2.05, 4.69) is 21.8 Å². The van der Waals surface area contributed by atoms with Gasteiger partial charge in [-0.3, -0.25) is 0 Å². The smallest absolute Gasteiger partial charge is 0.0946 e. The van der Waals surface area contributed by atoms with Crippen molar-refractivity contribution in [3.8, 4) is 0 Å². The van der Waals surface area contributed by atoms with Crippen LogP contribution in [0.3, 0.4) is 0 Å². The number of rotatable bonds is 7. The average molecular weight is 197 g/mol. The first-order chi connectivity index (χ1) is 6.83. The maximum atomic E-state index is 4.97. The van der Waals surface area contributed by atoms with Gasteiger partial charge >= 0.3 is 0 Å². The highest BCUT2D eigenvalue weighted by atomic mass is 16.5. The van der Waals surface area contributed by atoms with Crippen LogP contribution >= 0.6 is 0 Å². The minimum absolute atomic E-state index is 0.473.